The van der Waals surface area contributed by atoms with E-state index in [1.165, 1.54) is 50.5 Å². The molecule has 86 heavy (non-hydrogen) atoms. The summed E-state index contributed by atoms with van der Waals surface area (Å²) in [5.74, 6) is -3.00. The van der Waals surface area contributed by atoms with Gasteiger partial charge in [-0.25, -0.2) is 4.79 Å². The van der Waals surface area contributed by atoms with E-state index in [4.69, 9.17) is 23.8 Å². The van der Waals surface area contributed by atoms with Crippen molar-refractivity contribution in [3.05, 3.63) is 103 Å². The molecule has 0 fully saturated rings. The highest BCUT2D eigenvalue weighted by molar-refractivity contribution is 7.87. The van der Waals surface area contributed by atoms with E-state index in [2.05, 4.69) is 0 Å². The first-order valence-corrected chi connectivity index (χ1v) is 33.4. The maximum atomic E-state index is 14.8. The number of ether oxygens (including phenoxy) is 4. The molecule has 2 aliphatic heterocycles. The van der Waals surface area contributed by atoms with Gasteiger partial charge in [-0.3, -0.25) is 32.4 Å². The molecule has 2 unspecified atom stereocenters. The zero-order valence-corrected chi connectivity index (χ0v) is 50.3. The van der Waals surface area contributed by atoms with E-state index in [9.17, 15) is 89.4 Å². The summed E-state index contributed by atoms with van der Waals surface area (Å²) in [6.45, 7) is 5.68. The van der Waals surface area contributed by atoms with Gasteiger partial charge in [0.2, 0.25) is 28.3 Å². The van der Waals surface area contributed by atoms with Crippen molar-refractivity contribution in [2.24, 2.45) is 0 Å². The van der Waals surface area contributed by atoms with Crippen LogP contribution in [0, 0.1) is 0 Å². The van der Waals surface area contributed by atoms with Gasteiger partial charge in [0.05, 0.1) is 77.1 Å². The summed E-state index contributed by atoms with van der Waals surface area (Å²) < 4.78 is 202. The molecule has 33 heteroatoms. The number of aromatic hydroxyl groups is 2. The monoisotopic (exact) mass is 1300 g/mol. The zero-order chi connectivity index (χ0) is 63.3. The highest BCUT2D eigenvalue weighted by Gasteiger charge is 2.50. The molecule has 3 heterocycles. The number of benzene rings is 4. The Bertz CT molecular complexity index is 4500. The molecule has 0 radical (unpaired) electrons. The van der Waals surface area contributed by atoms with Crippen LogP contribution in [0.15, 0.2) is 89.8 Å². The number of hydrogen-bond acceptors (Lipinski definition) is 21. The van der Waals surface area contributed by atoms with Gasteiger partial charge in [-0.15, -0.1) is 4.73 Å². The first-order chi connectivity index (χ1) is 40.0. The van der Waals surface area contributed by atoms with E-state index in [1.807, 2.05) is 0 Å². The van der Waals surface area contributed by atoms with Crippen LogP contribution in [0.3, 0.4) is 0 Å². The molecule has 7 N–H and O–H groups in total. The molecular weight excluding hydrogens is 1240 g/mol. The third kappa shape index (κ3) is 13.4. The van der Waals surface area contributed by atoms with E-state index in [-0.39, 0.29) is 115 Å². The van der Waals surface area contributed by atoms with Crippen LogP contribution in [0.2, 0.25) is 0 Å². The minimum absolute atomic E-state index is 0.0314. The van der Waals surface area contributed by atoms with E-state index in [1.54, 1.807) is 23.3 Å². The van der Waals surface area contributed by atoms with Crippen molar-refractivity contribution in [2.45, 2.75) is 82.9 Å². The quantitative estimate of drug-likeness (QED) is 0.0217. The second kappa shape index (κ2) is 24.5. The van der Waals surface area contributed by atoms with Crippen molar-refractivity contribution in [1.82, 2.24) is 4.73 Å². The lowest BCUT2D eigenvalue weighted by atomic mass is 9.73. The van der Waals surface area contributed by atoms with Gasteiger partial charge in [-0.2, -0.15) is 46.7 Å². The van der Waals surface area contributed by atoms with Gasteiger partial charge in [0.15, 0.2) is 12.3 Å². The fourth-order valence-electron chi connectivity index (χ4n) is 11.2. The smallest absolute Gasteiger partial charge is 0.333 e. The molecule has 1 aromatic heterocycles. The average molecular weight is 1300 g/mol. The molecule has 28 nitrogen and oxygen atoms in total. The number of rotatable bonds is 27. The van der Waals surface area contributed by atoms with Gasteiger partial charge in [0.1, 0.15) is 16.4 Å². The first-order valence-electron chi connectivity index (χ1n) is 26.1. The number of carbonyl (C=O) groups excluding carboxylic acids is 1. The molecule has 2 aliphatic rings. The number of anilines is 1. The number of aromatic nitrogens is 1. The van der Waals surface area contributed by atoms with Crippen molar-refractivity contribution in [2.75, 3.05) is 77.1 Å². The molecule has 0 aliphatic carbocycles. The molecular formula is C53H60N3O25S5+. The largest absolute Gasteiger partial charge is 0.492 e. The molecule has 6 aromatic rings. The minimum atomic E-state index is -5.26. The number of carbonyl (C=O) groups is 1. The van der Waals surface area contributed by atoms with E-state index in [0.717, 1.165) is 24.3 Å². The fourth-order valence-corrected chi connectivity index (χ4v) is 14.4. The topological polar surface area (TPSA) is 421 Å². The number of fused-ring (bicyclic) bond motifs is 6. The van der Waals surface area contributed by atoms with Gasteiger partial charge in [0.25, 0.3) is 50.6 Å². The summed E-state index contributed by atoms with van der Waals surface area (Å²) in [5, 5.41) is 18.5. The van der Waals surface area contributed by atoms with Crippen molar-refractivity contribution in [1.29, 1.82) is 0 Å². The lowest BCUT2D eigenvalue weighted by Crippen LogP contribution is -2.66. The molecule has 2 atom stereocenters. The Balaban J connectivity index is 1.29. The van der Waals surface area contributed by atoms with Crippen molar-refractivity contribution in [3.63, 3.8) is 0 Å². The highest BCUT2D eigenvalue weighted by atomic mass is 32.2. The number of nitrogens with zero attached hydrogens (tertiary/aromatic N) is 3. The van der Waals surface area contributed by atoms with Crippen LogP contribution in [0.5, 0.6) is 11.8 Å². The molecule has 0 amide bonds. The van der Waals surface area contributed by atoms with Crippen LogP contribution in [0.4, 0.5) is 11.4 Å². The Morgan fingerprint density at radius 3 is 1.65 bits per heavy atom. The predicted octanol–water partition coefficient (Wildman–Crippen LogP) is 1.37. The van der Waals surface area contributed by atoms with Gasteiger partial charge in [-0.1, -0.05) is 19.9 Å². The maximum Gasteiger partial charge on any atom is 0.333 e. The molecule has 0 spiro atoms. The fraction of sp³-hybridized carbons (Fsp3) is 0.396. The third-order valence-corrected chi connectivity index (χ3v) is 19.3. The predicted molar refractivity (Wildman–Crippen MR) is 307 cm³/mol. The Morgan fingerprint density at radius 1 is 0.628 bits per heavy atom. The minimum Gasteiger partial charge on any atom is -0.492 e. The van der Waals surface area contributed by atoms with Crippen molar-refractivity contribution in [3.8, 4) is 11.8 Å². The summed E-state index contributed by atoms with van der Waals surface area (Å²) in [5.41, 5.74) is -4.01. The van der Waals surface area contributed by atoms with E-state index < -0.39 is 138 Å². The number of methoxy groups -OCH3 is 1. The summed E-state index contributed by atoms with van der Waals surface area (Å²) in [6.07, 6.45) is 1.41. The second-order valence-corrected chi connectivity index (χ2v) is 28.2. The van der Waals surface area contributed by atoms with Crippen LogP contribution >= 0.6 is 0 Å². The van der Waals surface area contributed by atoms with E-state index >= 15 is 0 Å². The summed E-state index contributed by atoms with van der Waals surface area (Å²) in [4.78, 5) is 45.8. The van der Waals surface area contributed by atoms with Gasteiger partial charge >= 0.3 is 5.97 Å². The van der Waals surface area contributed by atoms with Crippen molar-refractivity contribution < 1.29 is 108 Å². The average Bonchev–Trinajstić information content (AvgIpc) is 1.57. The molecule has 8 rings (SSSR count). The third-order valence-electron chi connectivity index (χ3n) is 15.0. The normalized spacial score (nSPS) is 17.2. The lowest BCUT2D eigenvalue weighted by molar-refractivity contribution is -0.441. The zero-order valence-electron chi connectivity index (χ0n) is 46.3. The SMILES string of the molecule is COCCOCCOCCOCC[N+]1=C(C=c2c(=O)c(=CC3N(CCCC(=O)On4c(O)ccc4O)c4ccc5c(S(=O)(=O)O)cc(S(=O)(=O)O)cc5c4C3(C)C)c2=O)C(C)(CCCS(=O)(=O)O)c2c1ccc1c(S(=O)(=O)O)cc(S(=O)(=O)O)cc21. The van der Waals surface area contributed by atoms with Crippen LogP contribution in [-0.4, -0.2) is 174 Å². The number of hydrogen-bond donors (Lipinski definition) is 7. The van der Waals surface area contributed by atoms with Crippen LogP contribution in [0.25, 0.3) is 33.7 Å². The Hall–Kier alpha value is -6.57. The van der Waals surface area contributed by atoms with Crippen LogP contribution < -0.4 is 31.0 Å². The second-order valence-electron chi connectivity index (χ2n) is 21.0. The lowest BCUT2D eigenvalue weighted by Gasteiger charge is -2.32. The molecule has 0 saturated carbocycles. The van der Waals surface area contributed by atoms with Gasteiger partial charge < -0.3 is 38.9 Å². The van der Waals surface area contributed by atoms with E-state index in [0.29, 0.717) is 30.1 Å². The van der Waals surface area contributed by atoms with Crippen LogP contribution in [0.1, 0.15) is 57.6 Å². The maximum absolute atomic E-state index is 14.8. The van der Waals surface area contributed by atoms with Crippen molar-refractivity contribution >= 4 is 107 Å². The molecule has 0 bridgehead atoms. The Morgan fingerprint density at radius 2 is 1.14 bits per heavy atom. The van der Waals surface area contributed by atoms with Gasteiger partial charge in [0, 0.05) is 71.8 Å². The first kappa shape index (κ1) is 65.4. The molecule has 5 aromatic carbocycles. The summed E-state index contributed by atoms with van der Waals surface area (Å²) >= 11 is 0. The standard InChI is InChI=1S/C53H59N3O25S5/c1-52(2)43(54(15-5-7-47(59)81-56-45(57)12-13-46(56)58)39-10-8-33-35(48(39)52)25-31(83(65,66)67)27-41(33)85(71,72)73)29-37-50(60)38(51(37)61)30-44-53(3,14-6-24-82(62,63)64)49-36-26-32(84(68,69)70)28-42(86(74,75)76)34(36)9-11-40(49)55(44)16-17-78-20-21-80-23-22-79-19-18-77-4/h8-13,25-30,43H,5-7,14-24H2,1-4H3,(H6,60,61,62,63,64,65,66,67,68,69,70,71,72,73,74,75,76)/p+1. The molecule has 466 valence electrons. The Labute approximate surface area is 492 Å². The summed E-state index contributed by atoms with van der Waals surface area (Å²) in [7, 11) is -24.0. The Kier molecular flexibility index (Phi) is 18.7. The van der Waals surface area contributed by atoms with Crippen LogP contribution in [-0.2, 0) is 85.2 Å². The summed E-state index contributed by atoms with van der Waals surface area (Å²) in [6, 6.07) is 9.34. The molecule has 0 saturated heterocycles. The van der Waals surface area contributed by atoms with Gasteiger partial charge in [-0.05, 0) is 85.0 Å². The highest BCUT2D eigenvalue weighted by Crippen LogP contribution is 2.51.